The summed E-state index contributed by atoms with van der Waals surface area (Å²) in [5.41, 5.74) is 0.460. The number of carbonyl (C=O) groups excluding carboxylic acids is 1. The van der Waals surface area contributed by atoms with Gasteiger partial charge in [-0.2, -0.15) is 0 Å². The van der Waals surface area contributed by atoms with Gasteiger partial charge >= 0.3 is 5.97 Å². The Labute approximate surface area is 108 Å². The SMILES string of the molecule is CCC(CNC(=O)c1cc(Br)c[nH]1)CC(=O)O. The van der Waals surface area contributed by atoms with E-state index in [1.807, 2.05) is 6.92 Å². The Hall–Kier alpha value is -1.30. The van der Waals surface area contributed by atoms with E-state index in [0.717, 1.165) is 10.9 Å². The fourth-order valence-electron chi connectivity index (χ4n) is 1.44. The van der Waals surface area contributed by atoms with E-state index < -0.39 is 5.97 Å². The average molecular weight is 303 g/mol. The summed E-state index contributed by atoms with van der Waals surface area (Å²) in [5.74, 6) is -1.09. The van der Waals surface area contributed by atoms with Gasteiger partial charge in [0.25, 0.3) is 5.91 Å². The number of amides is 1. The lowest BCUT2D eigenvalue weighted by Crippen LogP contribution is -2.30. The van der Waals surface area contributed by atoms with E-state index in [4.69, 9.17) is 5.11 Å². The van der Waals surface area contributed by atoms with Crippen molar-refractivity contribution in [1.82, 2.24) is 10.3 Å². The molecule has 0 bridgehead atoms. The molecule has 0 saturated heterocycles. The number of carboxylic acid groups (broad SMARTS) is 1. The number of aromatic amines is 1. The van der Waals surface area contributed by atoms with Crippen molar-refractivity contribution in [3.05, 3.63) is 22.4 Å². The third-order valence-corrected chi connectivity index (χ3v) is 2.94. The monoisotopic (exact) mass is 302 g/mol. The maximum Gasteiger partial charge on any atom is 0.303 e. The summed E-state index contributed by atoms with van der Waals surface area (Å²) in [7, 11) is 0. The van der Waals surface area contributed by atoms with E-state index in [1.165, 1.54) is 0 Å². The second-order valence-electron chi connectivity index (χ2n) is 3.81. The highest BCUT2D eigenvalue weighted by Crippen LogP contribution is 2.11. The normalized spacial score (nSPS) is 12.1. The lowest BCUT2D eigenvalue weighted by Gasteiger charge is -2.12. The van der Waals surface area contributed by atoms with Crippen molar-refractivity contribution in [3.63, 3.8) is 0 Å². The molecule has 0 saturated carbocycles. The second-order valence-corrected chi connectivity index (χ2v) is 4.73. The maximum atomic E-state index is 11.7. The maximum absolute atomic E-state index is 11.7. The summed E-state index contributed by atoms with van der Waals surface area (Å²) in [6, 6.07) is 1.67. The highest BCUT2D eigenvalue weighted by molar-refractivity contribution is 9.10. The first-order valence-electron chi connectivity index (χ1n) is 5.36. The highest BCUT2D eigenvalue weighted by Gasteiger charge is 2.14. The first-order chi connectivity index (χ1) is 8.02. The van der Waals surface area contributed by atoms with Crippen LogP contribution in [0.15, 0.2) is 16.7 Å². The van der Waals surface area contributed by atoms with Gasteiger partial charge < -0.3 is 15.4 Å². The van der Waals surface area contributed by atoms with Crippen molar-refractivity contribution in [3.8, 4) is 0 Å². The predicted molar refractivity (Wildman–Crippen MR) is 66.9 cm³/mol. The third kappa shape index (κ3) is 4.60. The van der Waals surface area contributed by atoms with Gasteiger partial charge in [0.1, 0.15) is 5.69 Å². The molecule has 1 aromatic heterocycles. The summed E-state index contributed by atoms with van der Waals surface area (Å²) in [6.07, 6.45) is 2.47. The van der Waals surface area contributed by atoms with E-state index in [0.29, 0.717) is 12.2 Å². The topological polar surface area (TPSA) is 82.2 Å². The molecule has 1 aromatic rings. The van der Waals surface area contributed by atoms with Gasteiger partial charge in [-0.15, -0.1) is 0 Å². The predicted octanol–water partition coefficient (Wildman–Crippen LogP) is 2.01. The molecular formula is C11H15BrN2O3. The van der Waals surface area contributed by atoms with Crippen molar-refractivity contribution in [1.29, 1.82) is 0 Å². The molecule has 1 atom stereocenters. The van der Waals surface area contributed by atoms with Crippen molar-refractivity contribution >= 4 is 27.8 Å². The van der Waals surface area contributed by atoms with E-state index in [1.54, 1.807) is 12.3 Å². The van der Waals surface area contributed by atoms with E-state index in [-0.39, 0.29) is 18.2 Å². The molecule has 6 heteroatoms. The molecule has 3 N–H and O–H groups in total. The molecule has 0 aromatic carbocycles. The molecule has 0 aliphatic carbocycles. The van der Waals surface area contributed by atoms with Gasteiger partial charge in [-0.05, 0) is 27.9 Å². The summed E-state index contributed by atoms with van der Waals surface area (Å²) in [6.45, 7) is 2.28. The Bertz CT molecular complexity index is 403. The van der Waals surface area contributed by atoms with Crippen LogP contribution in [0, 0.1) is 5.92 Å². The molecular weight excluding hydrogens is 288 g/mol. The minimum Gasteiger partial charge on any atom is -0.481 e. The Kier molecular flexibility index (Phi) is 5.21. The van der Waals surface area contributed by atoms with Gasteiger partial charge in [-0.25, -0.2) is 0 Å². The largest absolute Gasteiger partial charge is 0.481 e. The van der Waals surface area contributed by atoms with Crippen LogP contribution in [0.2, 0.25) is 0 Å². The number of aromatic nitrogens is 1. The Morgan fingerprint density at radius 1 is 1.59 bits per heavy atom. The quantitative estimate of drug-likeness (QED) is 0.752. The minimum atomic E-state index is -0.839. The number of aliphatic carboxylic acids is 1. The van der Waals surface area contributed by atoms with Crippen LogP contribution in [0.3, 0.4) is 0 Å². The lowest BCUT2D eigenvalue weighted by molar-refractivity contribution is -0.138. The molecule has 0 aliphatic rings. The van der Waals surface area contributed by atoms with Crippen molar-refractivity contribution in [2.45, 2.75) is 19.8 Å². The first-order valence-corrected chi connectivity index (χ1v) is 6.16. The fourth-order valence-corrected chi connectivity index (χ4v) is 1.78. The van der Waals surface area contributed by atoms with Gasteiger partial charge in [0, 0.05) is 23.6 Å². The van der Waals surface area contributed by atoms with Crippen LogP contribution in [0.1, 0.15) is 30.3 Å². The molecule has 1 amide bonds. The van der Waals surface area contributed by atoms with Gasteiger partial charge in [-0.3, -0.25) is 9.59 Å². The summed E-state index contributed by atoms with van der Waals surface area (Å²) in [4.78, 5) is 25.0. The van der Waals surface area contributed by atoms with Crippen molar-refractivity contribution < 1.29 is 14.7 Å². The number of carbonyl (C=O) groups is 2. The van der Waals surface area contributed by atoms with Crippen molar-refractivity contribution in [2.24, 2.45) is 5.92 Å². The first kappa shape index (κ1) is 13.8. The van der Waals surface area contributed by atoms with Crippen LogP contribution in [0.25, 0.3) is 0 Å². The summed E-state index contributed by atoms with van der Waals surface area (Å²) >= 11 is 3.24. The number of rotatable bonds is 6. The number of carboxylic acids is 1. The molecule has 0 radical (unpaired) electrons. The Morgan fingerprint density at radius 3 is 2.76 bits per heavy atom. The van der Waals surface area contributed by atoms with Crippen LogP contribution >= 0.6 is 15.9 Å². The molecule has 0 aliphatic heterocycles. The molecule has 1 unspecified atom stereocenters. The zero-order valence-corrected chi connectivity index (χ0v) is 11.1. The average Bonchev–Trinajstić information content (AvgIpc) is 2.70. The van der Waals surface area contributed by atoms with Crippen LogP contribution in [0.5, 0.6) is 0 Å². The molecule has 17 heavy (non-hydrogen) atoms. The smallest absolute Gasteiger partial charge is 0.303 e. The number of halogens is 1. The zero-order valence-electron chi connectivity index (χ0n) is 9.50. The zero-order chi connectivity index (χ0) is 12.8. The molecule has 0 fully saturated rings. The van der Waals surface area contributed by atoms with E-state index in [2.05, 4.69) is 26.2 Å². The van der Waals surface area contributed by atoms with Gasteiger partial charge in [-0.1, -0.05) is 13.3 Å². The second kappa shape index (κ2) is 6.44. The summed E-state index contributed by atoms with van der Waals surface area (Å²) < 4.78 is 0.806. The van der Waals surface area contributed by atoms with Crippen LogP contribution in [-0.4, -0.2) is 28.5 Å². The van der Waals surface area contributed by atoms with Crippen molar-refractivity contribution in [2.75, 3.05) is 6.54 Å². The third-order valence-electron chi connectivity index (χ3n) is 2.48. The van der Waals surface area contributed by atoms with Gasteiger partial charge in [0.2, 0.25) is 0 Å². The minimum absolute atomic E-state index is 0.0325. The number of H-pyrrole nitrogens is 1. The Balaban J connectivity index is 2.44. The van der Waals surface area contributed by atoms with Crippen LogP contribution in [0.4, 0.5) is 0 Å². The molecule has 94 valence electrons. The number of nitrogens with one attached hydrogen (secondary N) is 2. The molecule has 5 nitrogen and oxygen atoms in total. The van der Waals surface area contributed by atoms with Crippen LogP contribution in [-0.2, 0) is 4.79 Å². The molecule has 1 rings (SSSR count). The molecule has 1 heterocycles. The number of hydrogen-bond donors (Lipinski definition) is 3. The standard InChI is InChI=1S/C11H15BrN2O3/c1-2-7(3-10(15)16)5-14-11(17)9-4-8(12)6-13-9/h4,6-7,13H,2-3,5H2,1H3,(H,14,17)(H,15,16). The summed E-state index contributed by atoms with van der Waals surface area (Å²) in [5, 5.41) is 11.4. The molecule has 0 spiro atoms. The van der Waals surface area contributed by atoms with Gasteiger partial charge in [0.05, 0.1) is 0 Å². The van der Waals surface area contributed by atoms with E-state index in [9.17, 15) is 9.59 Å². The Morgan fingerprint density at radius 2 is 2.29 bits per heavy atom. The van der Waals surface area contributed by atoms with E-state index >= 15 is 0 Å². The van der Waals surface area contributed by atoms with Gasteiger partial charge in [0.15, 0.2) is 0 Å². The number of hydrogen-bond acceptors (Lipinski definition) is 2. The lowest BCUT2D eigenvalue weighted by atomic mass is 10.0. The van der Waals surface area contributed by atoms with Crippen LogP contribution < -0.4 is 5.32 Å². The highest BCUT2D eigenvalue weighted by atomic mass is 79.9. The fraction of sp³-hybridized carbons (Fsp3) is 0.455.